The van der Waals surface area contributed by atoms with Gasteiger partial charge in [-0.2, -0.15) is 0 Å². The van der Waals surface area contributed by atoms with Crippen LogP contribution in [0.2, 0.25) is 0 Å². The number of rotatable bonds is 6. The van der Waals surface area contributed by atoms with E-state index in [1.54, 1.807) is 19.5 Å². The average Bonchev–Trinajstić information content (AvgIpc) is 2.99. The lowest BCUT2D eigenvalue weighted by molar-refractivity contribution is -0.0361. The van der Waals surface area contributed by atoms with Gasteiger partial charge in [0.05, 0.1) is 5.69 Å². The highest BCUT2D eigenvalue weighted by Gasteiger charge is 2.39. The summed E-state index contributed by atoms with van der Waals surface area (Å²) in [5, 5.41) is 0. The summed E-state index contributed by atoms with van der Waals surface area (Å²) in [4.78, 5) is 10.8. The molecule has 1 saturated heterocycles. The van der Waals surface area contributed by atoms with Crippen molar-refractivity contribution in [2.75, 3.05) is 26.8 Å². The van der Waals surface area contributed by atoms with Crippen molar-refractivity contribution in [3.05, 3.63) is 54.1 Å². The fraction of sp³-hybridized carbons (Fsp3) is 0.444. The molecule has 23 heavy (non-hydrogen) atoms. The first-order valence-corrected chi connectivity index (χ1v) is 7.92. The Kier molecular flexibility index (Phi) is 4.88. The SMILES string of the molecule is CO[C@@]1(COc2ccccc2C)CCN(Cc2cnccn2)C1. The zero-order chi connectivity index (χ0) is 16.1. The van der Waals surface area contributed by atoms with Crippen molar-refractivity contribution in [3.63, 3.8) is 0 Å². The minimum atomic E-state index is -0.259. The number of likely N-dealkylation sites (tertiary alicyclic amines) is 1. The minimum absolute atomic E-state index is 0.259. The number of benzene rings is 1. The topological polar surface area (TPSA) is 47.5 Å². The second kappa shape index (κ2) is 7.06. The van der Waals surface area contributed by atoms with E-state index in [0.717, 1.165) is 43.1 Å². The van der Waals surface area contributed by atoms with Gasteiger partial charge >= 0.3 is 0 Å². The van der Waals surface area contributed by atoms with E-state index in [1.807, 2.05) is 24.4 Å². The molecule has 1 fully saturated rings. The van der Waals surface area contributed by atoms with Crippen molar-refractivity contribution in [3.8, 4) is 5.75 Å². The fourth-order valence-corrected chi connectivity index (χ4v) is 2.97. The Morgan fingerprint density at radius 2 is 2.13 bits per heavy atom. The third kappa shape index (κ3) is 3.86. The number of hydrogen-bond acceptors (Lipinski definition) is 5. The second-order valence-electron chi connectivity index (χ2n) is 6.10. The third-order valence-electron chi connectivity index (χ3n) is 4.41. The number of aryl methyl sites for hydroxylation is 1. The molecule has 1 aliphatic rings. The Labute approximate surface area is 137 Å². The molecule has 0 unspecified atom stereocenters. The van der Waals surface area contributed by atoms with Gasteiger partial charge in [0.25, 0.3) is 0 Å². The van der Waals surface area contributed by atoms with Gasteiger partial charge in [-0.25, -0.2) is 0 Å². The Balaban J connectivity index is 1.60. The predicted octanol–water partition coefficient (Wildman–Crippen LogP) is 2.45. The Morgan fingerprint density at radius 3 is 2.87 bits per heavy atom. The molecule has 5 heteroatoms. The number of para-hydroxylation sites is 1. The normalized spacial score (nSPS) is 21.5. The van der Waals surface area contributed by atoms with Crippen LogP contribution in [0.5, 0.6) is 5.75 Å². The molecule has 0 aliphatic carbocycles. The molecule has 0 amide bonds. The highest BCUT2D eigenvalue weighted by atomic mass is 16.5. The quantitative estimate of drug-likeness (QED) is 0.820. The first-order valence-electron chi connectivity index (χ1n) is 7.92. The van der Waals surface area contributed by atoms with Gasteiger partial charge in [0, 0.05) is 45.3 Å². The monoisotopic (exact) mass is 313 g/mol. The molecular formula is C18H23N3O2. The molecule has 0 spiro atoms. The number of aromatic nitrogens is 2. The smallest absolute Gasteiger partial charge is 0.122 e. The molecule has 3 rings (SSSR count). The van der Waals surface area contributed by atoms with Crippen molar-refractivity contribution in [2.45, 2.75) is 25.5 Å². The van der Waals surface area contributed by atoms with Crippen LogP contribution < -0.4 is 4.74 Å². The van der Waals surface area contributed by atoms with Crippen LogP contribution in [0.1, 0.15) is 17.7 Å². The van der Waals surface area contributed by atoms with E-state index in [-0.39, 0.29) is 5.60 Å². The summed E-state index contributed by atoms with van der Waals surface area (Å²) >= 11 is 0. The van der Waals surface area contributed by atoms with Crippen LogP contribution >= 0.6 is 0 Å². The Bertz CT molecular complexity index is 635. The maximum Gasteiger partial charge on any atom is 0.122 e. The van der Waals surface area contributed by atoms with Crippen molar-refractivity contribution in [1.29, 1.82) is 0 Å². The molecule has 1 atom stereocenters. The lowest BCUT2D eigenvalue weighted by Gasteiger charge is -2.28. The number of hydrogen-bond donors (Lipinski definition) is 0. The molecular weight excluding hydrogens is 290 g/mol. The molecule has 1 aliphatic heterocycles. The first-order chi connectivity index (χ1) is 11.2. The van der Waals surface area contributed by atoms with Crippen molar-refractivity contribution in [1.82, 2.24) is 14.9 Å². The Morgan fingerprint density at radius 1 is 1.26 bits per heavy atom. The van der Waals surface area contributed by atoms with E-state index in [9.17, 15) is 0 Å². The van der Waals surface area contributed by atoms with Crippen LogP contribution in [0.15, 0.2) is 42.9 Å². The van der Waals surface area contributed by atoms with Gasteiger partial charge in [0.2, 0.25) is 0 Å². The molecule has 0 bridgehead atoms. The van der Waals surface area contributed by atoms with Gasteiger partial charge in [0.1, 0.15) is 18.0 Å². The number of nitrogens with zero attached hydrogens (tertiary/aromatic N) is 3. The molecule has 0 saturated carbocycles. The van der Waals surface area contributed by atoms with Crippen LogP contribution in [0.25, 0.3) is 0 Å². The summed E-state index contributed by atoms with van der Waals surface area (Å²) in [7, 11) is 1.77. The van der Waals surface area contributed by atoms with Crippen LogP contribution in [0.3, 0.4) is 0 Å². The summed E-state index contributed by atoms with van der Waals surface area (Å²) in [6.07, 6.45) is 6.20. The first kappa shape index (κ1) is 15.9. The molecule has 1 aromatic heterocycles. The lowest BCUT2D eigenvalue weighted by atomic mass is 10.0. The van der Waals surface area contributed by atoms with Crippen molar-refractivity contribution in [2.24, 2.45) is 0 Å². The van der Waals surface area contributed by atoms with Gasteiger partial charge in [-0.05, 0) is 25.0 Å². The van der Waals surface area contributed by atoms with E-state index < -0.39 is 0 Å². The summed E-state index contributed by atoms with van der Waals surface area (Å²) in [5.41, 5.74) is 1.87. The van der Waals surface area contributed by atoms with Gasteiger partial charge in [-0.15, -0.1) is 0 Å². The predicted molar refractivity (Wildman–Crippen MR) is 88.3 cm³/mol. The molecule has 1 aromatic carbocycles. The molecule has 2 heterocycles. The standard InChI is InChI=1S/C18H23N3O2/c1-15-5-3-4-6-17(15)23-14-18(22-2)7-10-21(13-18)12-16-11-19-8-9-20-16/h3-6,8-9,11H,7,10,12-14H2,1-2H3/t18-/m0/s1. The summed E-state index contributed by atoms with van der Waals surface area (Å²) in [6.45, 7) is 5.23. The average molecular weight is 313 g/mol. The highest BCUT2D eigenvalue weighted by molar-refractivity contribution is 5.31. The summed E-state index contributed by atoms with van der Waals surface area (Å²) < 4.78 is 11.9. The number of methoxy groups -OCH3 is 1. The van der Waals surface area contributed by atoms with Crippen LogP contribution in [0, 0.1) is 6.92 Å². The van der Waals surface area contributed by atoms with Gasteiger partial charge in [0.15, 0.2) is 0 Å². The molecule has 0 N–H and O–H groups in total. The van der Waals surface area contributed by atoms with Crippen molar-refractivity contribution < 1.29 is 9.47 Å². The third-order valence-corrected chi connectivity index (χ3v) is 4.41. The van der Waals surface area contributed by atoms with E-state index in [2.05, 4.69) is 27.9 Å². The zero-order valence-corrected chi connectivity index (χ0v) is 13.7. The van der Waals surface area contributed by atoms with E-state index >= 15 is 0 Å². The Hall–Kier alpha value is -1.98. The molecule has 2 aromatic rings. The zero-order valence-electron chi connectivity index (χ0n) is 13.7. The molecule has 122 valence electrons. The highest BCUT2D eigenvalue weighted by Crippen LogP contribution is 2.28. The van der Waals surface area contributed by atoms with Crippen LogP contribution in [-0.2, 0) is 11.3 Å². The van der Waals surface area contributed by atoms with Gasteiger partial charge in [-0.3, -0.25) is 14.9 Å². The maximum atomic E-state index is 6.03. The molecule has 0 radical (unpaired) electrons. The lowest BCUT2D eigenvalue weighted by Crippen LogP contribution is -2.41. The van der Waals surface area contributed by atoms with Crippen molar-refractivity contribution >= 4 is 0 Å². The number of ether oxygens (including phenoxy) is 2. The molecule has 5 nitrogen and oxygen atoms in total. The fourth-order valence-electron chi connectivity index (χ4n) is 2.97. The van der Waals surface area contributed by atoms with E-state index in [0.29, 0.717) is 6.61 Å². The van der Waals surface area contributed by atoms with Gasteiger partial charge < -0.3 is 9.47 Å². The van der Waals surface area contributed by atoms with E-state index in [4.69, 9.17) is 9.47 Å². The van der Waals surface area contributed by atoms with Crippen LogP contribution in [0.4, 0.5) is 0 Å². The summed E-state index contributed by atoms with van der Waals surface area (Å²) in [5.74, 6) is 0.927. The maximum absolute atomic E-state index is 6.03. The largest absolute Gasteiger partial charge is 0.490 e. The minimum Gasteiger partial charge on any atom is -0.490 e. The second-order valence-corrected chi connectivity index (χ2v) is 6.10. The summed E-state index contributed by atoms with van der Waals surface area (Å²) in [6, 6.07) is 8.08. The van der Waals surface area contributed by atoms with Crippen LogP contribution in [-0.4, -0.2) is 47.3 Å². The van der Waals surface area contributed by atoms with E-state index in [1.165, 1.54) is 0 Å². The van der Waals surface area contributed by atoms with Gasteiger partial charge in [-0.1, -0.05) is 18.2 Å².